The van der Waals surface area contributed by atoms with Gasteiger partial charge >= 0.3 is 0 Å². The molecule has 0 unspecified atom stereocenters. The summed E-state index contributed by atoms with van der Waals surface area (Å²) in [7, 11) is 0. The van der Waals surface area contributed by atoms with E-state index in [1.807, 2.05) is 19.1 Å². The summed E-state index contributed by atoms with van der Waals surface area (Å²) in [6.45, 7) is 6.66. The molecule has 0 saturated carbocycles. The normalized spacial score (nSPS) is 12.1. The van der Waals surface area contributed by atoms with E-state index in [1.165, 1.54) is 0 Å². The fourth-order valence-corrected chi connectivity index (χ4v) is 1.75. The van der Waals surface area contributed by atoms with E-state index in [0.29, 0.717) is 18.3 Å². The fraction of sp³-hybridized carbons (Fsp3) is 0.538. The van der Waals surface area contributed by atoms with Crippen molar-refractivity contribution in [1.82, 2.24) is 0 Å². The first-order valence-electron chi connectivity index (χ1n) is 5.76. The van der Waals surface area contributed by atoms with Crippen molar-refractivity contribution < 1.29 is 9.84 Å². The highest BCUT2D eigenvalue weighted by Gasteiger charge is 2.15. The van der Waals surface area contributed by atoms with Gasteiger partial charge in [0, 0.05) is 11.6 Å². The molecule has 1 atom stereocenters. The number of phenols is 1. The number of hydrogen-bond donors (Lipinski definition) is 2. The predicted molar refractivity (Wildman–Crippen MR) is 72.9 cm³/mol. The molecule has 17 heavy (non-hydrogen) atoms. The van der Waals surface area contributed by atoms with Gasteiger partial charge in [-0.3, -0.25) is 0 Å². The predicted octanol–water partition coefficient (Wildman–Crippen LogP) is 3.26. The monoisotopic (exact) mass is 259 g/mol. The molecule has 1 aromatic rings. The Hall–Kier alpha value is -0.930. The molecule has 0 radical (unpaired) electrons. The van der Waals surface area contributed by atoms with Gasteiger partial charge < -0.3 is 15.6 Å². The first-order valence-corrected chi connectivity index (χ1v) is 5.76. The minimum Gasteiger partial charge on any atom is -0.504 e. The molecule has 98 valence electrons. The minimum atomic E-state index is -0.139. The molecule has 0 spiro atoms. The second-order valence-corrected chi connectivity index (χ2v) is 4.36. The van der Waals surface area contributed by atoms with Gasteiger partial charge in [-0.15, -0.1) is 12.4 Å². The molecule has 0 aliphatic heterocycles. The molecule has 3 nitrogen and oxygen atoms in total. The van der Waals surface area contributed by atoms with Crippen LogP contribution in [0.2, 0.25) is 0 Å². The molecule has 1 aromatic carbocycles. The molecule has 0 aliphatic carbocycles. The summed E-state index contributed by atoms with van der Waals surface area (Å²) in [6.07, 6.45) is 0.850. The van der Waals surface area contributed by atoms with Crippen LogP contribution < -0.4 is 10.5 Å². The number of benzene rings is 1. The maximum Gasteiger partial charge on any atom is 0.162 e. The van der Waals surface area contributed by atoms with Gasteiger partial charge in [-0.25, -0.2) is 0 Å². The largest absolute Gasteiger partial charge is 0.504 e. The van der Waals surface area contributed by atoms with Gasteiger partial charge in [0.1, 0.15) is 0 Å². The van der Waals surface area contributed by atoms with Crippen molar-refractivity contribution >= 4 is 12.4 Å². The number of aromatic hydroxyl groups is 1. The van der Waals surface area contributed by atoms with Crippen LogP contribution >= 0.6 is 12.4 Å². The van der Waals surface area contributed by atoms with Crippen molar-refractivity contribution in [3.8, 4) is 11.5 Å². The SMILES string of the molecule is CCOc1cccc([C@@H](N)CC(C)C)c1O.Cl. The van der Waals surface area contributed by atoms with Gasteiger partial charge in [0.05, 0.1) is 6.61 Å². The Bertz CT molecular complexity index is 342. The van der Waals surface area contributed by atoms with Gasteiger partial charge in [0.2, 0.25) is 0 Å². The summed E-state index contributed by atoms with van der Waals surface area (Å²) < 4.78 is 5.33. The number of phenolic OH excluding ortho intramolecular Hbond substituents is 1. The Morgan fingerprint density at radius 2 is 2.00 bits per heavy atom. The van der Waals surface area contributed by atoms with Crippen LogP contribution in [0, 0.1) is 5.92 Å². The Labute approximate surface area is 109 Å². The number of rotatable bonds is 5. The number of halogens is 1. The van der Waals surface area contributed by atoms with E-state index in [2.05, 4.69) is 13.8 Å². The Morgan fingerprint density at radius 1 is 1.35 bits per heavy atom. The third-order valence-electron chi connectivity index (χ3n) is 2.45. The molecule has 0 heterocycles. The van der Waals surface area contributed by atoms with Crippen LogP contribution in [-0.4, -0.2) is 11.7 Å². The van der Waals surface area contributed by atoms with Crippen LogP contribution in [-0.2, 0) is 0 Å². The van der Waals surface area contributed by atoms with E-state index >= 15 is 0 Å². The quantitative estimate of drug-likeness (QED) is 0.853. The van der Waals surface area contributed by atoms with Gasteiger partial charge in [-0.1, -0.05) is 26.0 Å². The van der Waals surface area contributed by atoms with Crippen LogP contribution in [0.1, 0.15) is 38.8 Å². The first kappa shape index (κ1) is 16.1. The Balaban J connectivity index is 0.00000256. The molecule has 0 fully saturated rings. The molecule has 0 bridgehead atoms. The van der Waals surface area contributed by atoms with Crippen molar-refractivity contribution in [2.75, 3.05) is 6.61 Å². The van der Waals surface area contributed by atoms with E-state index in [4.69, 9.17) is 10.5 Å². The highest BCUT2D eigenvalue weighted by atomic mass is 35.5. The van der Waals surface area contributed by atoms with E-state index < -0.39 is 0 Å². The second kappa shape index (κ2) is 7.41. The zero-order chi connectivity index (χ0) is 12.1. The lowest BCUT2D eigenvalue weighted by Gasteiger charge is -2.17. The molecule has 1 rings (SSSR count). The van der Waals surface area contributed by atoms with Crippen LogP contribution in [0.15, 0.2) is 18.2 Å². The average Bonchev–Trinajstić information content (AvgIpc) is 2.20. The summed E-state index contributed by atoms with van der Waals surface area (Å²) in [6, 6.07) is 5.33. The lowest BCUT2D eigenvalue weighted by atomic mass is 9.97. The second-order valence-electron chi connectivity index (χ2n) is 4.36. The van der Waals surface area contributed by atoms with Crippen molar-refractivity contribution in [2.24, 2.45) is 11.7 Å². The summed E-state index contributed by atoms with van der Waals surface area (Å²) in [5, 5.41) is 10.00. The number of para-hydroxylation sites is 1. The summed E-state index contributed by atoms with van der Waals surface area (Å²) in [5.74, 6) is 1.20. The van der Waals surface area contributed by atoms with Gasteiger partial charge in [-0.2, -0.15) is 0 Å². The Morgan fingerprint density at radius 3 is 2.53 bits per heavy atom. The molecule has 4 heteroatoms. The molecular weight excluding hydrogens is 238 g/mol. The number of nitrogens with two attached hydrogens (primary N) is 1. The lowest BCUT2D eigenvalue weighted by molar-refractivity contribution is 0.315. The molecular formula is C13H22ClNO2. The van der Waals surface area contributed by atoms with Crippen molar-refractivity contribution in [1.29, 1.82) is 0 Å². The third-order valence-corrected chi connectivity index (χ3v) is 2.45. The highest BCUT2D eigenvalue weighted by Crippen LogP contribution is 2.34. The van der Waals surface area contributed by atoms with E-state index in [0.717, 1.165) is 12.0 Å². The van der Waals surface area contributed by atoms with Crippen molar-refractivity contribution in [3.05, 3.63) is 23.8 Å². The summed E-state index contributed by atoms with van der Waals surface area (Å²) in [4.78, 5) is 0. The van der Waals surface area contributed by atoms with Crippen LogP contribution in [0.5, 0.6) is 11.5 Å². The van der Waals surface area contributed by atoms with Gasteiger partial charge in [0.25, 0.3) is 0 Å². The lowest BCUT2D eigenvalue weighted by Crippen LogP contribution is -2.13. The van der Waals surface area contributed by atoms with Crippen LogP contribution in [0.25, 0.3) is 0 Å². The standard InChI is InChI=1S/C13H21NO2.ClH/c1-4-16-12-7-5-6-10(13(12)15)11(14)8-9(2)3;/h5-7,9,11,15H,4,8,14H2,1-3H3;1H/t11-;/m0./s1. The zero-order valence-corrected chi connectivity index (χ0v) is 11.5. The average molecular weight is 260 g/mol. The third kappa shape index (κ3) is 4.44. The number of ether oxygens (including phenoxy) is 1. The van der Waals surface area contributed by atoms with Crippen LogP contribution in [0.3, 0.4) is 0 Å². The van der Waals surface area contributed by atoms with Crippen molar-refractivity contribution in [3.63, 3.8) is 0 Å². The van der Waals surface area contributed by atoms with Gasteiger partial charge in [-0.05, 0) is 25.3 Å². The van der Waals surface area contributed by atoms with Crippen molar-refractivity contribution in [2.45, 2.75) is 33.2 Å². The smallest absolute Gasteiger partial charge is 0.162 e. The van der Waals surface area contributed by atoms with Gasteiger partial charge in [0.15, 0.2) is 11.5 Å². The molecule has 0 amide bonds. The maximum absolute atomic E-state index is 10.00. The minimum absolute atomic E-state index is 0. The van der Waals surface area contributed by atoms with Crippen LogP contribution in [0.4, 0.5) is 0 Å². The molecule has 0 aliphatic rings. The topological polar surface area (TPSA) is 55.5 Å². The number of hydrogen-bond acceptors (Lipinski definition) is 3. The van der Waals surface area contributed by atoms with E-state index in [-0.39, 0.29) is 24.2 Å². The molecule has 3 N–H and O–H groups in total. The van der Waals surface area contributed by atoms with E-state index in [1.54, 1.807) is 6.07 Å². The molecule has 0 aromatic heterocycles. The summed E-state index contributed by atoms with van der Waals surface area (Å²) in [5.41, 5.74) is 6.81. The molecule has 0 saturated heterocycles. The maximum atomic E-state index is 10.00. The highest BCUT2D eigenvalue weighted by molar-refractivity contribution is 5.85. The zero-order valence-electron chi connectivity index (χ0n) is 10.6. The fourth-order valence-electron chi connectivity index (χ4n) is 1.75. The first-order chi connectivity index (χ1) is 7.56. The summed E-state index contributed by atoms with van der Waals surface area (Å²) >= 11 is 0. The van der Waals surface area contributed by atoms with E-state index in [9.17, 15) is 5.11 Å². The Kier molecular flexibility index (Phi) is 7.00.